The number of hydrogen-bond acceptors (Lipinski definition) is 7. The molecule has 140 valence electrons. The van der Waals surface area contributed by atoms with Gasteiger partial charge < -0.3 is 4.74 Å². The summed E-state index contributed by atoms with van der Waals surface area (Å²) >= 11 is 5.97. The number of rotatable bonds is 5. The first kappa shape index (κ1) is 17.9. The van der Waals surface area contributed by atoms with Crippen molar-refractivity contribution in [2.24, 2.45) is 5.10 Å². The highest BCUT2D eigenvalue weighted by molar-refractivity contribution is 6.29. The van der Waals surface area contributed by atoms with E-state index in [0.29, 0.717) is 16.6 Å². The molecule has 0 saturated heterocycles. The first-order chi connectivity index (χ1) is 13.6. The number of aryl methyl sites for hydroxylation is 1. The van der Waals surface area contributed by atoms with Gasteiger partial charge in [-0.1, -0.05) is 17.7 Å². The second-order valence-electron chi connectivity index (χ2n) is 5.95. The Bertz CT molecular complexity index is 1150. The molecule has 0 radical (unpaired) electrons. The maximum absolute atomic E-state index is 5.97. The van der Waals surface area contributed by atoms with Crippen molar-refractivity contribution in [3.63, 3.8) is 0 Å². The smallest absolute Gasteiger partial charge is 0.168 e. The summed E-state index contributed by atoms with van der Waals surface area (Å²) in [6, 6.07) is 11.2. The van der Waals surface area contributed by atoms with Crippen molar-refractivity contribution >= 4 is 34.7 Å². The molecule has 0 spiro atoms. The third-order valence-electron chi connectivity index (χ3n) is 3.99. The lowest BCUT2D eigenvalue weighted by Gasteiger charge is -2.06. The highest BCUT2D eigenvalue weighted by Crippen LogP contribution is 2.23. The number of pyridine rings is 1. The Hall–Kier alpha value is -3.52. The molecule has 3 aromatic heterocycles. The molecule has 28 heavy (non-hydrogen) atoms. The van der Waals surface area contributed by atoms with Crippen LogP contribution in [-0.4, -0.2) is 38.1 Å². The predicted octanol–water partition coefficient (Wildman–Crippen LogP) is 3.63. The molecule has 0 atom stereocenters. The molecule has 0 aliphatic rings. The van der Waals surface area contributed by atoms with Crippen molar-refractivity contribution in [1.29, 1.82) is 0 Å². The van der Waals surface area contributed by atoms with Crippen LogP contribution >= 0.6 is 11.6 Å². The van der Waals surface area contributed by atoms with E-state index in [4.69, 9.17) is 16.3 Å². The number of ether oxygens (including phenoxy) is 1. The Kier molecular flexibility index (Phi) is 4.86. The highest BCUT2D eigenvalue weighted by atomic mass is 35.5. The molecular formula is C19H16ClN7O. The number of methoxy groups -OCH3 is 1. The molecule has 1 N–H and O–H groups in total. The largest absolute Gasteiger partial charge is 0.497 e. The fourth-order valence-corrected chi connectivity index (χ4v) is 3.02. The van der Waals surface area contributed by atoms with Crippen molar-refractivity contribution in [1.82, 2.24) is 24.7 Å². The number of benzene rings is 1. The molecule has 0 aliphatic heterocycles. The van der Waals surface area contributed by atoms with E-state index in [0.717, 1.165) is 28.1 Å². The molecule has 4 rings (SSSR count). The molecule has 1 aromatic carbocycles. The van der Waals surface area contributed by atoms with Gasteiger partial charge in [-0.25, -0.2) is 19.6 Å². The van der Waals surface area contributed by atoms with Gasteiger partial charge in [0.25, 0.3) is 0 Å². The van der Waals surface area contributed by atoms with Crippen LogP contribution in [0.25, 0.3) is 16.7 Å². The van der Waals surface area contributed by atoms with E-state index in [2.05, 4.69) is 30.6 Å². The van der Waals surface area contributed by atoms with Gasteiger partial charge in [-0.3, -0.25) is 5.43 Å². The Morgan fingerprint density at radius 2 is 2.11 bits per heavy atom. The van der Waals surface area contributed by atoms with Crippen molar-refractivity contribution < 1.29 is 4.74 Å². The summed E-state index contributed by atoms with van der Waals surface area (Å²) in [5, 5.41) is 9.84. The van der Waals surface area contributed by atoms with Crippen LogP contribution in [0.1, 0.15) is 11.3 Å². The monoisotopic (exact) mass is 393 g/mol. The van der Waals surface area contributed by atoms with E-state index in [-0.39, 0.29) is 0 Å². The lowest BCUT2D eigenvalue weighted by atomic mass is 10.2. The third-order valence-corrected chi connectivity index (χ3v) is 4.19. The fraction of sp³-hybridized carbons (Fsp3) is 0.105. The average molecular weight is 394 g/mol. The van der Waals surface area contributed by atoms with Crippen LogP contribution < -0.4 is 10.2 Å². The van der Waals surface area contributed by atoms with Gasteiger partial charge in [0, 0.05) is 11.8 Å². The first-order valence-corrected chi connectivity index (χ1v) is 8.78. The number of fused-ring (bicyclic) bond motifs is 1. The normalized spacial score (nSPS) is 11.2. The summed E-state index contributed by atoms with van der Waals surface area (Å²) in [6.45, 7) is 1.87. The highest BCUT2D eigenvalue weighted by Gasteiger charge is 2.11. The van der Waals surface area contributed by atoms with Gasteiger partial charge in [0.15, 0.2) is 11.5 Å². The van der Waals surface area contributed by atoms with Crippen molar-refractivity contribution in [2.45, 2.75) is 6.92 Å². The number of anilines is 1. The van der Waals surface area contributed by atoms with Crippen LogP contribution in [0, 0.1) is 6.92 Å². The second kappa shape index (κ2) is 7.61. The maximum Gasteiger partial charge on any atom is 0.168 e. The molecule has 8 nitrogen and oxygen atoms in total. The maximum atomic E-state index is 5.97. The fourth-order valence-electron chi connectivity index (χ4n) is 2.76. The molecule has 0 bridgehead atoms. The molecule has 0 aliphatic carbocycles. The minimum Gasteiger partial charge on any atom is -0.497 e. The van der Waals surface area contributed by atoms with E-state index in [9.17, 15) is 0 Å². The molecule has 0 fully saturated rings. The quantitative estimate of drug-likeness (QED) is 0.316. The lowest BCUT2D eigenvalue weighted by Crippen LogP contribution is -2.00. The summed E-state index contributed by atoms with van der Waals surface area (Å²) in [5.74, 6) is 1.29. The minimum absolute atomic E-state index is 0.422. The van der Waals surface area contributed by atoms with Gasteiger partial charge in [0.2, 0.25) is 0 Å². The van der Waals surface area contributed by atoms with E-state index in [1.807, 2.05) is 37.3 Å². The zero-order chi connectivity index (χ0) is 19.5. The van der Waals surface area contributed by atoms with Crippen molar-refractivity contribution in [2.75, 3.05) is 12.5 Å². The Labute approximate surface area is 165 Å². The van der Waals surface area contributed by atoms with E-state index < -0.39 is 0 Å². The van der Waals surface area contributed by atoms with Gasteiger partial charge >= 0.3 is 0 Å². The third kappa shape index (κ3) is 3.63. The van der Waals surface area contributed by atoms with Crippen LogP contribution in [0.15, 0.2) is 54.0 Å². The SMILES string of the molecule is COc1cccc(-n2ncc3c(NN=Cc4cc(C)nc(Cl)c4)ncnc32)c1. The summed E-state index contributed by atoms with van der Waals surface area (Å²) in [5.41, 5.74) is 6.09. The van der Waals surface area contributed by atoms with Crippen LogP contribution in [-0.2, 0) is 0 Å². The number of nitrogens with zero attached hydrogens (tertiary/aromatic N) is 6. The Balaban J connectivity index is 1.64. The molecule has 3 heterocycles. The summed E-state index contributed by atoms with van der Waals surface area (Å²) in [6.07, 6.45) is 4.81. The first-order valence-electron chi connectivity index (χ1n) is 8.40. The van der Waals surface area contributed by atoms with Crippen LogP contribution in [0.5, 0.6) is 5.75 Å². The summed E-state index contributed by atoms with van der Waals surface area (Å²) in [7, 11) is 1.62. The van der Waals surface area contributed by atoms with Gasteiger partial charge in [0.1, 0.15) is 17.2 Å². The minimum atomic E-state index is 0.422. The van der Waals surface area contributed by atoms with Crippen LogP contribution in [0.2, 0.25) is 5.15 Å². The second-order valence-corrected chi connectivity index (χ2v) is 6.34. The van der Waals surface area contributed by atoms with Gasteiger partial charge in [-0.2, -0.15) is 10.2 Å². The Morgan fingerprint density at radius 1 is 1.21 bits per heavy atom. The number of hydrogen-bond donors (Lipinski definition) is 1. The molecular weight excluding hydrogens is 378 g/mol. The average Bonchev–Trinajstić information content (AvgIpc) is 3.12. The van der Waals surface area contributed by atoms with E-state index in [1.54, 1.807) is 30.3 Å². The summed E-state index contributed by atoms with van der Waals surface area (Å²) < 4.78 is 7.00. The topological polar surface area (TPSA) is 90.1 Å². The molecule has 0 saturated carbocycles. The molecule has 4 aromatic rings. The zero-order valence-corrected chi connectivity index (χ0v) is 15.9. The van der Waals surface area contributed by atoms with E-state index in [1.165, 1.54) is 6.33 Å². The van der Waals surface area contributed by atoms with Gasteiger partial charge in [-0.15, -0.1) is 0 Å². The van der Waals surface area contributed by atoms with Crippen molar-refractivity contribution in [3.8, 4) is 11.4 Å². The lowest BCUT2D eigenvalue weighted by molar-refractivity contribution is 0.414. The molecule has 0 unspecified atom stereocenters. The standard InChI is InChI=1S/C19H16ClN7O/c1-12-6-13(7-17(20)25-12)9-23-26-18-16-10-24-27(19(16)22-11-21-18)14-4-3-5-15(8-14)28-2/h3-11H,1-2H3,(H,21,22,26). The number of hydrazone groups is 1. The van der Waals surface area contributed by atoms with Gasteiger partial charge in [0.05, 0.1) is 30.6 Å². The summed E-state index contributed by atoms with van der Waals surface area (Å²) in [4.78, 5) is 12.7. The number of halogens is 1. The molecule has 0 amide bonds. The predicted molar refractivity (Wildman–Crippen MR) is 108 cm³/mol. The van der Waals surface area contributed by atoms with E-state index >= 15 is 0 Å². The van der Waals surface area contributed by atoms with Gasteiger partial charge in [-0.05, 0) is 36.8 Å². The van der Waals surface area contributed by atoms with Crippen LogP contribution in [0.3, 0.4) is 0 Å². The molecule has 9 heteroatoms. The van der Waals surface area contributed by atoms with Crippen molar-refractivity contribution in [3.05, 3.63) is 65.3 Å². The number of aromatic nitrogens is 5. The Morgan fingerprint density at radius 3 is 2.93 bits per heavy atom. The zero-order valence-electron chi connectivity index (χ0n) is 15.2. The number of nitrogens with one attached hydrogen (secondary N) is 1. The van der Waals surface area contributed by atoms with Crippen LogP contribution in [0.4, 0.5) is 5.82 Å².